The lowest BCUT2D eigenvalue weighted by atomic mass is 10.00. The number of fused-ring (bicyclic) bond motifs is 1. The Morgan fingerprint density at radius 3 is 2.48 bits per heavy atom. The summed E-state index contributed by atoms with van der Waals surface area (Å²) in [5.41, 5.74) is 4.06. The summed E-state index contributed by atoms with van der Waals surface area (Å²) >= 11 is 0. The zero-order chi connectivity index (χ0) is 15.8. The molecule has 0 radical (unpaired) electrons. The monoisotopic (exact) mass is 310 g/mol. The number of hydrogen-bond acceptors (Lipinski definition) is 1. The van der Waals surface area contributed by atoms with Crippen LogP contribution in [0.25, 0.3) is 22.2 Å². The molecule has 4 heteroatoms. The Hall–Kier alpha value is -2.46. The summed E-state index contributed by atoms with van der Waals surface area (Å²) < 4.78 is 28.9. The van der Waals surface area contributed by atoms with Crippen molar-refractivity contribution < 1.29 is 8.78 Å². The van der Waals surface area contributed by atoms with Crippen molar-refractivity contribution in [3.8, 4) is 5.69 Å². The lowest BCUT2D eigenvalue weighted by molar-refractivity contribution is 0.627. The van der Waals surface area contributed by atoms with Crippen LogP contribution in [-0.4, -0.2) is 17.7 Å². The molecular formula is C19H16F2N2. The van der Waals surface area contributed by atoms with Gasteiger partial charge in [0.15, 0.2) is 0 Å². The molecule has 2 heterocycles. The molecule has 0 spiro atoms. The van der Waals surface area contributed by atoms with Gasteiger partial charge >= 0.3 is 0 Å². The first-order valence-electron chi connectivity index (χ1n) is 7.69. The molecular weight excluding hydrogens is 294 g/mol. The third kappa shape index (κ3) is 2.55. The van der Waals surface area contributed by atoms with Gasteiger partial charge in [-0.05, 0) is 61.0 Å². The Morgan fingerprint density at radius 1 is 0.957 bits per heavy atom. The standard InChI is InChI=1S/C19H16F2N2/c20-14-1-4-16(5-2-14)23-12-18(13-7-9-22-10-8-13)17-11-15(21)3-6-19(17)23/h1-7,11-12,22H,8-10H2. The highest BCUT2D eigenvalue weighted by Gasteiger charge is 2.15. The van der Waals surface area contributed by atoms with E-state index in [1.165, 1.54) is 23.8 Å². The smallest absolute Gasteiger partial charge is 0.123 e. The van der Waals surface area contributed by atoms with E-state index in [-0.39, 0.29) is 11.6 Å². The zero-order valence-electron chi connectivity index (χ0n) is 12.5. The van der Waals surface area contributed by atoms with Gasteiger partial charge in [0.05, 0.1) is 5.52 Å². The first-order valence-corrected chi connectivity index (χ1v) is 7.69. The van der Waals surface area contributed by atoms with E-state index < -0.39 is 0 Å². The molecule has 0 bridgehead atoms. The van der Waals surface area contributed by atoms with Gasteiger partial charge in [-0.2, -0.15) is 0 Å². The average Bonchev–Trinajstić information content (AvgIpc) is 2.95. The van der Waals surface area contributed by atoms with E-state index in [1.54, 1.807) is 24.3 Å². The maximum atomic E-state index is 13.8. The van der Waals surface area contributed by atoms with E-state index in [0.717, 1.165) is 41.7 Å². The topological polar surface area (TPSA) is 17.0 Å². The number of aromatic nitrogens is 1. The molecule has 0 amide bonds. The van der Waals surface area contributed by atoms with Crippen LogP contribution in [0.1, 0.15) is 12.0 Å². The molecule has 0 atom stereocenters. The van der Waals surface area contributed by atoms with Crippen LogP contribution in [0.5, 0.6) is 0 Å². The molecule has 2 aromatic carbocycles. The Labute approximate surface area is 133 Å². The van der Waals surface area contributed by atoms with Gasteiger partial charge in [0.2, 0.25) is 0 Å². The van der Waals surface area contributed by atoms with Crippen molar-refractivity contribution in [2.45, 2.75) is 6.42 Å². The molecule has 0 saturated heterocycles. The summed E-state index contributed by atoms with van der Waals surface area (Å²) in [4.78, 5) is 0. The predicted molar refractivity (Wildman–Crippen MR) is 88.7 cm³/mol. The van der Waals surface area contributed by atoms with Crippen molar-refractivity contribution in [3.05, 3.63) is 71.9 Å². The van der Waals surface area contributed by atoms with Gasteiger partial charge in [-0.15, -0.1) is 0 Å². The lowest BCUT2D eigenvalue weighted by Gasteiger charge is -2.13. The van der Waals surface area contributed by atoms with Crippen LogP contribution in [0.15, 0.2) is 54.7 Å². The van der Waals surface area contributed by atoms with Crippen LogP contribution < -0.4 is 5.32 Å². The minimum absolute atomic E-state index is 0.245. The highest BCUT2D eigenvalue weighted by atomic mass is 19.1. The highest BCUT2D eigenvalue weighted by Crippen LogP contribution is 2.32. The second-order valence-corrected chi connectivity index (χ2v) is 5.73. The van der Waals surface area contributed by atoms with Gasteiger partial charge in [-0.3, -0.25) is 0 Å². The van der Waals surface area contributed by atoms with Crippen molar-refractivity contribution in [2.24, 2.45) is 0 Å². The van der Waals surface area contributed by atoms with Gasteiger partial charge in [0.1, 0.15) is 11.6 Å². The fourth-order valence-electron chi connectivity index (χ4n) is 3.14. The summed E-state index contributed by atoms with van der Waals surface area (Å²) in [5, 5.41) is 4.18. The summed E-state index contributed by atoms with van der Waals surface area (Å²) in [6.45, 7) is 1.75. The normalized spacial score (nSPS) is 15.0. The van der Waals surface area contributed by atoms with Crippen LogP contribution in [0.4, 0.5) is 8.78 Å². The molecule has 1 aromatic heterocycles. The Kier molecular flexibility index (Phi) is 3.46. The number of hydrogen-bond donors (Lipinski definition) is 1. The van der Waals surface area contributed by atoms with Crippen molar-refractivity contribution in [1.29, 1.82) is 0 Å². The van der Waals surface area contributed by atoms with E-state index in [9.17, 15) is 8.78 Å². The zero-order valence-corrected chi connectivity index (χ0v) is 12.5. The average molecular weight is 310 g/mol. The van der Waals surface area contributed by atoms with Gasteiger partial charge in [-0.25, -0.2) is 8.78 Å². The third-order valence-corrected chi connectivity index (χ3v) is 4.28. The fourth-order valence-corrected chi connectivity index (χ4v) is 3.14. The largest absolute Gasteiger partial charge is 0.316 e. The first-order chi connectivity index (χ1) is 11.2. The molecule has 1 N–H and O–H groups in total. The van der Waals surface area contributed by atoms with E-state index in [4.69, 9.17) is 0 Å². The SMILES string of the molecule is Fc1ccc(-n2cc(C3=CCNCC3)c3cc(F)ccc32)cc1. The van der Waals surface area contributed by atoms with E-state index >= 15 is 0 Å². The lowest BCUT2D eigenvalue weighted by Crippen LogP contribution is -2.19. The molecule has 0 saturated carbocycles. The Balaban J connectivity index is 1.95. The van der Waals surface area contributed by atoms with Crippen molar-refractivity contribution >= 4 is 16.5 Å². The van der Waals surface area contributed by atoms with Crippen LogP contribution >= 0.6 is 0 Å². The van der Waals surface area contributed by atoms with E-state index in [1.807, 2.05) is 10.8 Å². The molecule has 0 aliphatic carbocycles. The molecule has 3 aromatic rings. The summed E-state index contributed by atoms with van der Waals surface area (Å²) in [6, 6.07) is 11.2. The third-order valence-electron chi connectivity index (χ3n) is 4.28. The first kappa shape index (κ1) is 14.2. The Bertz CT molecular complexity index is 892. The van der Waals surface area contributed by atoms with Crippen molar-refractivity contribution in [1.82, 2.24) is 9.88 Å². The van der Waals surface area contributed by atoms with Crippen LogP contribution in [-0.2, 0) is 0 Å². The van der Waals surface area contributed by atoms with Gasteiger partial charge < -0.3 is 9.88 Å². The fraction of sp³-hybridized carbons (Fsp3) is 0.158. The van der Waals surface area contributed by atoms with Crippen molar-refractivity contribution in [2.75, 3.05) is 13.1 Å². The van der Waals surface area contributed by atoms with Crippen LogP contribution in [0, 0.1) is 11.6 Å². The second kappa shape index (κ2) is 5.63. The highest BCUT2D eigenvalue weighted by molar-refractivity contribution is 5.94. The van der Waals surface area contributed by atoms with Gasteiger partial charge in [0.25, 0.3) is 0 Å². The molecule has 2 nitrogen and oxygen atoms in total. The van der Waals surface area contributed by atoms with E-state index in [2.05, 4.69) is 11.4 Å². The maximum absolute atomic E-state index is 13.8. The molecule has 0 unspecified atom stereocenters. The minimum Gasteiger partial charge on any atom is -0.316 e. The second-order valence-electron chi connectivity index (χ2n) is 5.73. The quantitative estimate of drug-likeness (QED) is 0.747. The molecule has 0 fully saturated rings. The Morgan fingerprint density at radius 2 is 1.74 bits per heavy atom. The molecule has 1 aliphatic heterocycles. The number of benzene rings is 2. The number of nitrogens with one attached hydrogen (secondary N) is 1. The van der Waals surface area contributed by atoms with E-state index in [0.29, 0.717) is 0 Å². The summed E-state index contributed by atoms with van der Waals surface area (Å²) in [6.07, 6.45) is 5.09. The number of nitrogens with zero attached hydrogens (tertiary/aromatic N) is 1. The van der Waals surface area contributed by atoms with Crippen LogP contribution in [0.3, 0.4) is 0 Å². The summed E-state index contributed by atoms with van der Waals surface area (Å²) in [5.74, 6) is -0.511. The predicted octanol–water partition coefficient (Wildman–Crippen LogP) is 4.29. The van der Waals surface area contributed by atoms with Crippen LogP contribution in [0.2, 0.25) is 0 Å². The summed E-state index contributed by atoms with van der Waals surface area (Å²) in [7, 11) is 0. The minimum atomic E-state index is -0.266. The molecule has 4 rings (SSSR count). The van der Waals surface area contributed by atoms with Crippen molar-refractivity contribution in [3.63, 3.8) is 0 Å². The van der Waals surface area contributed by atoms with Gasteiger partial charge in [0, 0.05) is 29.4 Å². The molecule has 116 valence electrons. The maximum Gasteiger partial charge on any atom is 0.123 e. The number of rotatable bonds is 2. The number of halogens is 2. The molecule has 1 aliphatic rings. The van der Waals surface area contributed by atoms with Gasteiger partial charge in [-0.1, -0.05) is 6.08 Å². The molecule has 23 heavy (non-hydrogen) atoms.